The van der Waals surface area contributed by atoms with Crippen molar-refractivity contribution in [2.45, 2.75) is 26.7 Å². The lowest BCUT2D eigenvalue weighted by molar-refractivity contribution is 0.343. The molecule has 0 fully saturated rings. The molecule has 0 saturated carbocycles. The molecule has 9 heavy (non-hydrogen) atoms. The van der Waals surface area contributed by atoms with Crippen LogP contribution < -0.4 is 0 Å². The lowest BCUT2D eigenvalue weighted by Crippen LogP contribution is -1.74. The molecule has 0 aromatic heterocycles. The van der Waals surface area contributed by atoms with Crippen LogP contribution in [0, 0.1) is 0 Å². The van der Waals surface area contributed by atoms with E-state index in [1.165, 1.54) is 5.57 Å². The lowest BCUT2D eigenvalue weighted by atomic mass is 10.2. The summed E-state index contributed by atoms with van der Waals surface area (Å²) in [5, 5.41) is 8.37. The Labute approximate surface area is 56.7 Å². The van der Waals surface area contributed by atoms with E-state index in [0.717, 1.165) is 12.8 Å². The summed E-state index contributed by atoms with van der Waals surface area (Å²) in [5.74, 6) is 0. The standard InChI is InChI=1S/C8H14O/c1-3-8(4-2)6-5-7-9/h5,9H,3-4,7H2,1-2H3. The monoisotopic (exact) mass is 126 g/mol. The Kier molecular flexibility index (Phi) is 5.29. The molecule has 0 unspecified atom stereocenters. The maximum Gasteiger partial charge on any atom is 0.0686 e. The van der Waals surface area contributed by atoms with Gasteiger partial charge in [0, 0.05) is 0 Å². The van der Waals surface area contributed by atoms with Crippen molar-refractivity contribution in [2.24, 2.45) is 0 Å². The van der Waals surface area contributed by atoms with Gasteiger partial charge in [-0.15, -0.1) is 5.73 Å². The summed E-state index contributed by atoms with van der Waals surface area (Å²) in [5.41, 5.74) is 4.28. The average molecular weight is 126 g/mol. The minimum absolute atomic E-state index is 0.101. The molecule has 1 heteroatoms. The molecule has 0 aromatic carbocycles. The largest absolute Gasteiger partial charge is 0.392 e. The topological polar surface area (TPSA) is 20.2 Å². The maximum absolute atomic E-state index is 8.37. The normalized spacial score (nSPS) is 8.33. The predicted molar refractivity (Wildman–Crippen MR) is 39.3 cm³/mol. The highest BCUT2D eigenvalue weighted by molar-refractivity contribution is 4.99. The molecule has 0 radical (unpaired) electrons. The molecule has 0 atom stereocenters. The van der Waals surface area contributed by atoms with E-state index >= 15 is 0 Å². The van der Waals surface area contributed by atoms with Gasteiger partial charge >= 0.3 is 0 Å². The average Bonchev–Trinajstić information content (AvgIpc) is 1.91. The highest BCUT2D eigenvalue weighted by Crippen LogP contribution is 2.01. The summed E-state index contributed by atoms with van der Waals surface area (Å²) >= 11 is 0. The van der Waals surface area contributed by atoms with Crippen molar-refractivity contribution in [3.63, 3.8) is 0 Å². The zero-order valence-electron chi connectivity index (χ0n) is 6.15. The molecule has 0 amide bonds. The first-order chi connectivity index (χ1) is 4.35. The highest BCUT2D eigenvalue weighted by atomic mass is 16.2. The number of hydrogen-bond acceptors (Lipinski definition) is 1. The van der Waals surface area contributed by atoms with Crippen molar-refractivity contribution >= 4 is 0 Å². The minimum Gasteiger partial charge on any atom is -0.392 e. The van der Waals surface area contributed by atoms with Crippen molar-refractivity contribution in [1.82, 2.24) is 0 Å². The molecule has 0 aliphatic rings. The summed E-state index contributed by atoms with van der Waals surface area (Å²) < 4.78 is 0. The fraction of sp³-hybridized carbons (Fsp3) is 0.625. The number of rotatable bonds is 3. The summed E-state index contributed by atoms with van der Waals surface area (Å²) in [7, 11) is 0. The minimum atomic E-state index is 0.101. The quantitative estimate of drug-likeness (QED) is 0.572. The van der Waals surface area contributed by atoms with Crippen molar-refractivity contribution in [1.29, 1.82) is 0 Å². The fourth-order valence-corrected chi connectivity index (χ4v) is 0.644. The van der Waals surface area contributed by atoms with Crippen LogP contribution in [0.1, 0.15) is 26.7 Å². The smallest absolute Gasteiger partial charge is 0.0686 e. The van der Waals surface area contributed by atoms with Gasteiger partial charge in [0.1, 0.15) is 0 Å². The summed E-state index contributed by atoms with van der Waals surface area (Å²) in [6, 6.07) is 0. The molecule has 0 rings (SSSR count). The highest BCUT2D eigenvalue weighted by Gasteiger charge is 1.83. The summed E-state index contributed by atoms with van der Waals surface area (Å²) in [6.45, 7) is 4.29. The predicted octanol–water partition coefficient (Wildman–Crippen LogP) is 1.88. The Hall–Kier alpha value is -0.520. The van der Waals surface area contributed by atoms with Gasteiger partial charge in [-0.25, -0.2) is 0 Å². The van der Waals surface area contributed by atoms with Crippen LogP contribution in [-0.4, -0.2) is 11.7 Å². The summed E-state index contributed by atoms with van der Waals surface area (Å²) in [6.07, 6.45) is 3.72. The van der Waals surface area contributed by atoms with E-state index in [4.69, 9.17) is 5.11 Å². The van der Waals surface area contributed by atoms with Crippen LogP contribution in [0.2, 0.25) is 0 Å². The molecular weight excluding hydrogens is 112 g/mol. The van der Waals surface area contributed by atoms with E-state index < -0.39 is 0 Å². The Balaban J connectivity index is 3.89. The Morgan fingerprint density at radius 1 is 1.44 bits per heavy atom. The molecule has 0 spiro atoms. The van der Waals surface area contributed by atoms with Crippen LogP contribution in [-0.2, 0) is 0 Å². The first-order valence-corrected chi connectivity index (χ1v) is 3.38. The number of aliphatic hydroxyl groups excluding tert-OH is 1. The molecule has 0 aliphatic heterocycles. The van der Waals surface area contributed by atoms with Gasteiger partial charge in [0.25, 0.3) is 0 Å². The van der Waals surface area contributed by atoms with Crippen LogP contribution >= 0.6 is 0 Å². The maximum atomic E-state index is 8.37. The zero-order chi connectivity index (χ0) is 7.11. The van der Waals surface area contributed by atoms with Gasteiger partial charge in [-0.05, 0) is 24.5 Å². The van der Waals surface area contributed by atoms with Gasteiger partial charge in [-0.1, -0.05) is 13.8 Å². The molecule has 1 nitrogen and oxygen atoms in total. The first kappa shape index (κ1) is 8.48. The third-order valence-electron chi connectivity index (χ3n) is 1.25. The van der Waals surface area contributed by atoms with E-state index in [9.17, 15) is 0 Å². The van der Waals surface area contributed by atoms with Crippen LogP contribution in [0.15, 0.2) is 17.4 Å². The molecule has 0 aliphatic carbocycles. The Bertz CT molecular complexity index is 113. The molecular formula is C8H14O. The second kappa shape index (κ2) is 5.61. The molecule has 1 N–H and O–H groups in total. The van der Waals surface area contributed by atoms with E-state index in [-0.39, 0.29) is 6.61 Å². The van der Waals surface area contributed by atoms with Gasteiger partial charge in [0.2, 0.25) is 0 Å². The van der Waals surface area contributed by atoms with E-state index in [0.29, 0.717) is 0 Å². The van der Waals surface area contributed by atoms with Gasteiger partial charge in [-0.3, -0.25) is 0 Å². The molecule has 0 heterocycles. The second-order valence-electron chi connectivity index (χ2n) is 1.84. The fourth-order valence-electron chi connectivity index (χ4n) is 0.644. The number of aliphatic hydroxyl groups is 1. The van der Waals surface area contributed by atoms with Crippen molar-refractivity contribution < 1.29 is 5.11 Å². The van der Waals surface area contributed by atoms with Gasteiger partial charge in [0.15, 0.2) is 0 Å². The SMILES string of the molecule is CCC(=C=CCO)CC. The van der Waals surface area contributed by atoms with Crippen molar-refractivity contribution in [3.05, 3.63) is 17.4 Å². The molecule has 0 aromatic rings. The first-order valence-electron chi connectivity index (χ1n) is 3.38. The van der Waals surface area contributed by atoms with Crippen LogP contribution in [0.5, 0.6) is 0 Å². The molecule has 52 valence electrons. The van der Waals surface area contributed by atoms with Gasteiger partial charge < -0.3 is 5.11 Å². The second-order valence-corrected chi connectivity index (χ2v) is 1.84. The van der Waals surface area contributed by atoms with E-state index in [1.807, 2.05) is 0 Å². The summed E-state index contributed by atoms with van der Waals surface area (Å²) in [4.78, 5) is 0. The van der Waals surface area contributed by atoms with Gasteiger partial charge in [-0.2, -0.15) is 0 Å². The van der Waals surface area contributed by atoms with Crippen molar-refractivity contribution in [2.75, 3.05) is 6.61 Å². The molecule has 0 bridgehead atoms. The van der Waals surface area contributed by atoms with E-state index in [2.05, 4.69) is 19.6 Å². The van der Waals surface area contributed by atoms with Crippen molar-refractivity contribution in [3.8, 4) is 0 Å². The third-order valence-corrected chi connectivity index (χ3v) is 1.25. The van der Waals surface area contributed by atoms with Crippen LogP contribution in [0.25, 0.3) is 0 Å². The van der Waals surface area contributed by atoms with E-state index in [1.54, 1.807) is 6.08 Å². The lowest BCUT2D eigenvalue weighted by Gasteiger charge is -1.90. The van der Waals surface area contributed by atoms with Crippen LogP contribution in [0.3, 0.4) is 0 Å². The van der Waals surface area contributed by atoms with Gasteiger partial charge in [0.05, 0.1) is 6.61 Å². The third kappa shape index (κ3) is 4.01. The zero-order valence-corrected chi connectivity index (χ0v) is 6.15. The Morgan fingerprint density at radius 3 is 2.33 bits per heavy atom. The molecule has 0 saturated heterocycles. The Morgan fingerprint density at radius 2 is 2.00 bits per heavy atom. The number of hydrogen-bond donors (Lipinski definition) is 1. The van der Waals surface area contributed by atoms with Crippen LogP contribution in [0.4, 0.5) is 0 Å².